The molecule has 4 nitrogen and oxygen atoms in total. The summed E-state index contributed by atoms with van der Waals surface area (Å²) < 4.78 is 4.22. The molecule has 5 heteroatoms. The third-order valence-electron chi connectivity index (χ3n) is 4.20. The van der Waals surface area contributed by atoms with Gasteiger partial charge in [-0.25, -0.2) is 9.14 Å². The second-order valence-electron chi connectivity index (χ2n) is 6.31. The van der Waals surface area contributed by atoms with Crippen LogP contribution < -0.4 is 4.57 Å². The van der Waals surface area contributed by atoms with Crippen LogP contribution in [0.15, 0.2) is 43.4 Å². The van der Waals surface area contributed by atoms with Crippen molar-refractivity contribution in [3.05, 3.63) is 48.9 Å². The zero-order valence-corrected chi connectivity index (χ0v) is 16.5. The highest BCUT2D eigenvalue weighted by Crippen LogP contribution is 2.24. The Morgan fingerprint density at radius 1 is 1.12 bits per heavy atom. The first kappa shape index (κ1) is 21.7. The fourth-order valence-corrected chi connectivity index (χ4v) is 2.97. The molecule has 1 aromatic rings. The van der Waals surface area contributed by atoms with Crippen molar-refractivity contribution in [2.75, 3.05) is 13.2 Å². The van der Waals surface area contributed by atoms with Gasteiger partial charge in [-0.15, -0.1) is 0 Å². The van der Waals surface area contributed by atoms with Crippen molar-refractivity contribution >= 4 is 20.2 Å². The van der Waals surface area contributed by atoms with Gasteiger partial charge in [0.1, 0.15) is 19.8 Å². The van der Waals surface area contributed by atoms with Gasteiger partial charge in [0.25, 0.3) is 0 Å². The molecule has 1 heterocycles. The molecule has 0 aliphatic heterocycles. The summed E-state index contributed by atoms with van der Waals surface area (Å²) in [5.41, 5.74) is 2.15. The van der Waals surface area contributed by atoms with Crippen LogP contribution in [-0.4, -0.2) is 33.8 Å². The third-order valence-corrected chi connectivity index (χ3v) is 4.92. The molecule has 25 heavy (non-hydrogen) atoms. The van der Waals surface area contributed by atoms with Crippen molar-refractivity contribution in [2.45, 2.75) is 52.0 Å². The Kier molecular flexibility index (Phi) is 11.2. The number of hydrogen-bond donors (Lipinski definition) is 2. The second kappa shape index (κ2) is 12.9. The summed E-state index contributed by atoms with van der Waals surface area (Å²) in [6.45, 7) is 7.15. The number of allylic oxidation sites excluding steroid dienone is 2. The Morgan fingerprint density at radius 2 is 1.72 bits per heavy atom. The van der Waals surface area contributed by atoms with E-state index in [1.807, 2.05) is 37.0 Å². The molecule has 0 saturated heterocycles. The minimum atomic E-state index is -1.69. The van der Waals surface area contributed by atoms with Crippen molar-refractivity contribution in [1.29, 1.82) is 0 Å². The molecule has 0 saturated carbocycles. The summed E-state index contributed by atoms with van der Waals surface area (Å²) in [7, 11) is 0.309. The molecule has 0 radical (unpaired) electrons. The smallest absolute Gasteiger partial charge is 0.169 e. The first-order valence-corrected chi connectivity index (χ1v) is 10.5. The van der Waals surface area contributed by atoms with Gasteiger partial charge >= 0.3 is 0 Å². The fraction of sp³-hybridized carbons (Fsp3) is 0.500. The summed E-state index contributed by atoms with van der Waals surface area (Å²) in [4.78, 5) is 17.7. The maximum absolute atomic E-state index is 8.84. The summed E-state index contributed by atoms with van der Waals surface area (Å²) in [5, 5.41) is 0. The summed E-state index contributed by atoms with van der Waals surface area (Å²) in [6, 6.07) is 4.23. The Hall–Kier alpha value is -1.35. The van der Waals surface area contributed by atoms with E-state index in [9.17, 15) is 0 Å². The maximum Gasteiger partial charge on any atom is 0.169 e. The van der Waals surface area contributed by atoms with E-state index in [4.69, 9.17) is 9.79 Å². The normalized spacial score (nSPS) is 12.3. The zero-order chi connectivity index (χ0) is 18.5. The Bertz CT molecular complexity index is 566. The highest BCUT2D eigenvalue weighted by molar-refractivity contribution is 7.45. The topological polar surface area (TPSA) is 47.4 Å². The van der Waals surface area contributed by atoms with Gasteiger partial charge in [-0.3, -0.25) is 0 Å². The Labute approximate surface area is 153 Å². The predicted octanol–water partition coefficient (Wildman–Crippen LogP) is 3.87. The quantitative estimate of drug-likeness (QED) is 0.194. The van der Waals surface area contributed by atoms with E-state index in [2.05, 4.69) is 35.7 Å². The number of aryl methyl sites for hydroxylation is 1. The van der Waals surface area contributed by atoms with Crippen LogP contribution in [0.25, 0.3) is 5.57 Å². The standard InChI is InChI=1S/C20H33N2O2P/c1-4-21(3)15-11-19(2)20-12-16-22(17-13-20)14-9-7-5-6-8-10-18-25(23)24/h4,11-13,15-17,23-24H,2,5-10,14,18H2,1,3H3/q+2/b15-11-,21-4?. The Morgan fingerprint density at radius 3 is 2.32 bits per heavy atom. The van der Waals surface area contributed by atoms with Crippen LogP contribution in [0.3, 0.4) is 0 Å². The van der Waals surface area contributed by atoms with Gasteiger partial charge in [-0.1, -0.05) is 25.8 Å². The lowest BCUT2D eigenvalue weighted by atomic mass is 10.1. The molecule has 0 aliphatic carbocycles. The van der Waals surface area contributed by atoms with Crippen LogP contribution in [-0.2, 0) is 6.54 Å². The summed E-state index contributed by atoms with van der Waals surface area (Å²) in [5.74, 6) is 0. The second-order valence-corrected chi connectivity index (χ2v) is 7.50. The molecule has 0 spiro atoms. The third kappa shape index (κ3) is 10.3. The number of aromatic nitrogens is 1. The minimum absolute atomic E-state index is 0.561. The zero-order valence-electron chi connectivity index (χ0n) is 15.6. The van der Waals surface area contributed by atoms with Crippen LogP contribution in [0, 0.1) is 0 Å². The lowest BCUT2D eigenvalue weighted by molar-refractivity contribution is -0.697. The van der Waals surface area contributed by atoms with Crippen molar-refractivity contribution in [2.24, 2.45) is 0 Å². The molecule has 0 atom stereocenters. The molecule has 1 aromatic heterocycles. The molecule has 0 aliphatic rings. The van der Waals surface area contributed by atoms with E-state index >= 15 is 0 Å². The van der Waals surface area contributed by atoms with Gasteiger partial charge in [-0.05, 0) is 24.0 Å². The summed E-state index contributed by atoms with van der Waals surface area (Å²) in [6.07, 6.45) is 17.7. The molecule has 0 amide bonds. The van der Waals surface area contributed by atoms with Gasteiger partial charge in [0.2, 0.25) is 0 Å². The molecular formula is C20H33N2O2P+2. The van der Waals surface area contributed by atoms with Crippen molar-refractivity contribution in [3.63, 3.8) is 0 Å². The Balaban J connectivity index is 2.24. The van der Waals surface area contributed by atoms with Crippen molar-refractivity contribution in [1.82, 2.24) is 0 Å². The average Bonchev–Trinajstić information content (AvgIpc) is 2.61. The van der Waals surface area contributed by atoms with Crippen LogP contribution in [0.5, 0.6) is 0 Å². The predicted molar refractivity (Wildman–Crippen MR) is 107 cm³/mol. The number of pyridine rings is 1. The number of nitrogens with zero attached hydrogens (tertiary/aromatic N) is 2. The lowest BCUT2D eigenvalue weighted by Gasteiger charge is -2.03. The van der Waals surface area contributed by atoms with Gasteiger partial charge < -0.3 is 9.79 Å². The van der Waals surface area contributed by atoms with E-state index < -0.39 is 8.38 Å². The molecule has 2 N–H and O–H groups in total. The van der Waals surface area contributed by atoms with E-state index in [0.29, 0.717) is 6.16 Å². The van der Waals surface area contributed by atoms with Gasteiger partial charge in [0.15, 0.2) is 27.0 Å². The van der Waals surface area contributed by atoms with E-state index in [1.54, 1.807) is 0 Å². The van der Waals surface area contributed by atoms with Crippen molar-refractivity contribution in [3.8, 4) is 0 Å². The number of hydrogen-bond acceptors (Lipinski definition) is 2. The maximum atomic E-state index is 8.84. The summed E-state index contributed by atoms with van der Waals surface area (Å²) >= 11 is 0. The highest BCUT2D eigenvalue weighted by Gasteiger charge is 2.03. The SMILES string of the molecule is C=C(/C=C\[N+](C)=CC)c1cc[n+](CCCCCCCCP(O)O)cc1. The molecule has 0 aromatic carbocycles. The van der Waals surface area contributed by atoms with Crippen LogP contribution in [0.4, 0.5) is 0 Å². The average molecular weight is 364 g/mol. The number of unbranched alkanes of at least 4 members (excludes halogenated alkanes) is 5. The molecule has 0 bridgehead atoms. The van der Waals surface area contributed by atoms with Crippen LogP contribution >= 0.6 is 8.38 Å². The first-order valence-electron chi connectivity index (χ1n) is 9.06. The molecule has 138 valence electrons. The monoisotopic (exact) mass is 364 g/mol. The first-order chi connectivity index (χ1) is 12.0. The van der Waals surface area contributed by atoms with Crippen LogP contribution in [0.1, 0.15) is 51.0 Å². The lowest BCUT2D eigenvalue weighted by Crippen LogP contribution is -2.32. The van der Waals surface area contributed by atoms with Gasteiger partial charge in [-0.2, -0.15) is 0 Å². The largest absolute Gasteiger partial charge is 0.350 e. The number of rotatable bonds is 12. The molecule has 1 rings (SSSR count). The fourth-order valence-electron chi connectivity index (χ4n) is 2.47. The minimum Gasteiger partial charge on any atom is -0.350 e. The van der Waals surface area contributed by atoms with E-state index in [1.165, 1.54) is 25.7 Å². The molecular weight excluding hydrogens is 331 g/mol. The molecule has 0 unspecified atom stereocenters. The highest BCUT2D eigenvalue weighted by atomic mass is 31.2. The molecule has 0 fully saturated rings. The van der Waals surface area contributed by atoms with Crippen LogP contribution in [0.2, 0.25) is 0 Å². The van der Waals surface area contributed by atoms with Gasteiger partial charge in [0.05, 0.1) is 0 Å². The van der Waals surface area contributed by atoms with Crippen molar-refractivity contribution < 1.29 is 18.9 Å². The van der Waals surface area contributed by atoms with E-state index in [-0.39, 0.29) is 0 Å². The van der Waals surface area contributed by atoms with E-state index in [0.717, 1.165) is 30.5 Å². The van der Waals surface area contributed by atoms with Gasteiger partial charge in [0, 0.05) is 37.7 Å².